The van der Waals surface area contributed by atoms with Gasteiger partial charge in [0.15, 0.2) is 12.3 Å². The number of alkyl halides is 2. The van der Waals surface area contributed by atoms with Gasteiger partial charge in [-0.1, -0.05) is 54.6 Å². The average molecular weight is 451 g/mol. The molecule has 2 aromatic carbocycles. The van der Waals surface area contributed by atoms with Crippen molar-refractivity contribution in [2.45, 2.75) is 44.4 Å². The first-order chi connectivity index (χ1) is 16.0. The molecule has 3 unspecified atom stereocenters. The Balaban J connectivity index is 1.50. The summed E-state index contributed by atoms with van der Waals surface area (Å²) in [5.41, 5.74) is 4.18. The Hall–Kier alpha value is -3.01. The normalized spacial score (nSPS) is 22.8. The second kappa shape index (κ2) is 10.3. The van der Waals surface area contributed by atoms with Gasteiger partial charge in [-0.15, -0.1) is 6.58 Å². The second-order valence-corrected chi connectivity index (χ2v) is 8.71. The fraction of sp³-hybridized carbons (Fsp3) is 0.310. The molecule has 1 nitrogen and oxygen atoms in total. The number of ether oxygens (including phenoxy) is 1. The molecule has 0 heterocycles. The van der Waals surface area contributed by atoms with E-state index in [2.05, 4.69) is 12.7 Å². The molecule has 0 saturated heterocycles. The van der Waals surface area contributed by atoms with Crippen LogP contribution in [-0.4, -0.2) is 19.5 Å². The molecule has 172 valence electrons. The zero-order valence-electron chi connectivity index (χ0n) is 18.9. The van der Waals surface area contributed by atoms with E-state index in [-0.39, 0.29) is 17.1 Å². The van der Waals surface area contributed by atoms with Crippen LogP contribution in [0.25, 0.3) is 22.3 Å². The average Bonchev–Trinajstić information content (AvgIpc) is 2.85. The predicted octanol–water partition coefficient (Wildman–Crippen LogP) is 8.25. The van der Waals surface area contributed by atoms with Crippen LogP contribution < -0.4 is 0 Å². The minimum atomic E-state index is -1.82. The fourth-order valence-electron chi connectivity index (χ4n) is 4.65. The molecule has 0 radical (unpaired) electrons. The Labute approximate surface area is 194 Å². The number of benzene rings is 2. The van der Waals surface area contributed by atoms with Crippen LogP contribution in [0.3, 0.4) is 0 Å². The molecule has 0 aromatic heterocycles. The van der Waals surface area contributed by atoms with Crippen molar-refractivity contribution in [2.24, 2.45) is 5.92 Å². The van der Waals surface area contributed by atoms with Gasteiger partial charge in [-0.2, -0.15) is 0 Å². The molecule has 0 spiro atoms. The Bertz CT molecular complexity index is 1090. The third-order valence-electron chi connectivity index (χ3n) is 6.65. The molecule has 0 fully saturated rings. The maximum Gasteiger partial charge on any atom is 0.192 e. The third-order valence-corrected chi connectivity index (χ3v) is 6.65. The summed E-state index contributed by atoms with van der Waals surface area (Å²) in [5, 5.41) is 0. The van der Waals surface area contributed by atoms with Crippen molar-refractivity contribution >= 4 is 11.1 Å². The van der Waals surface area contributed by atoms with E-state index in [0.717, 1.165) is 48.8 Å². The number of methoxy groups -OCH3 is 1. The second-order valence-electron chi connectivity index (χ2n) is 8.71. The van der Waals surface area contributed by atoms with Crippen LogP contribution in [0.1, 0.15) is 43.2 Å². The first-order valence-corrected chi connectivity index (χ1v) is 11.5. The van der Waals surface area contributed by atoms with Crippen LogP contribution in [0.4, 0.5) is 13.2 Å². The lowest BCUT2D eigenvalue weighted by Gasteiger charge is -2.22. The van der Waals surface area contributed by atoms with Gasteiger partial charge in [-0.3, -0.25) is 0 Å². The molecular weight excluding hydrogens is 421 g/mol. The topological polar surface area (TPSA) is 9.23 Å². The molecule has 2 aliphatic rings. The van der Waals surface area contributed by atoms with Gasteiger partial charge in [0.25, 0.3) is 0 Å². The highest BCUT2D eigenvalue weighted by molar-refractivity contribution is 5.76. The van der Waals surface area contributed by atoms with Crippen LogP contribution in [0.15, 0.2) is 79.1 Å². The highest BCUT2D eigenvalue weighted by Gasteiger charge is 2.32. The quantitative estimate of drug-likeness (QED) is 0.386. The minimum Gasteiger partial charge on any atom is -0.498 e. The molecule has 2 aliphatic carbocycles. The summed E-state index contributed by atoms with van der Waals surface area (Å²) in [6.45, 7) is 3.79. The number of halogens is 3. The van der Waals surface area contributed by atoms with Gasteiger partial charge in [0.1, 0.15) is 11.6 Å². The van der Waals surface area contributed by atoms with Crippen LogP contribution in [0.2, 0.25) is 0 Å². The van der Waals surface area contributed by atoms with Crippen molar-refractivity contribution in [3.8, 4) is 11.1 Å². The van der Waals surface area contributed by atoms with E-state index in [9.17, 15) is 13.2 Å². The lowest BCUT2D eigenvalue weighted by Crippen LogP contribution is -2.24. The maximum atomic E-state index is 15.0. The summed E-state index contributed by atoms with van der Waals surface area (Å²) in [6, 6.07) is 12.4. The molecule has 0 amide bonds. The first-order valence-electron chi connectivity index (χ1n) is 11.5. The summed E-state index contributed by atoms with van der Waals surface area (Å²) in [4.78, 5) is 0. The highest BCUT2D eigenvalue weighted by Crippen LogP contribution is 2.36. The number of rotatable bonds is 7. The van der Waals surface area contributed by atoms with Crippen LogP contribution in [-0.2, 0) is 4.74 Å². The van der Waals surface area contributed by atoms with E-state index >= 15 is 0 Å². The fourth-order valence-corrected chi connectivity index (χ4v) is 4.65. The predicted molar refractivity (Wildman–Crippen MR) is 129 cm³/mol. The van der Waals surface area contributed by atoms with Crippen molar-refractivity contribution in [3.63, 3.8) is 0 Å². The molecule has 33 heavy (non-hydrogen) atoms. The molecule has 0 saturated carbocycles. The van der Waals surface area contributed by atoms with Crippen LogP contribution in [0.5, 0.6) is 0 Å². The van der Waals surface area contributed by atoms with Crippen molar-refractivity contribution in [2.75, 3.05) is 7.11 Å². The SMILES string of the molecule is C=CCCC1CC=C(c2ccc(-c3ccc(C4=CC=C(OC)C(F)C4F)cc3)cc2F)CC1. The highest BCUT2D eigenvalue weighted by atomic mass is 19.2. The van der Waals surface area contributed by atoms with Gasteiger partial charge in [-0.05, 0) is 78.0 Å². The molecule has 4 rings (SSSR count). The van der Waals surface area contributed by atoms with Gasteiger partial charge in [0.05, 0.1) is 7.11 Å². The number of hydrogen-bond donors (Lipinski definition) is 0. The number of allylic oxidation sites excluding steroid dienone is 7. The van der Waals surface area contributed by atoms with E-state index in [0.29, 0.717) is 17.0 Å². The van der Waals surface area contributed by atoms with E-state index in [1.807, 2.05) is 30.3 Å². The van der Waals surface area contributed by atoms with Crippen molar-refractivity contribution in [1.29, 1.82) is 0 Å². The molecule has 3 atom stereocenters. The van der Waals surface area contributed by atoms with E-state index in [1.54, 1.807) is 24.3 Å². The monoisotopic (exact) mass is 450 g/mol. The van der Waals surface area contributed by atoms with E-state index in [1.165, 1.54) is 13.2 Å². The Morgan fingerprint density at radius 3 is 2.36 bits per heavy atom. The van der Waals surface area contributed by atoms with Crippen molar-refractivity contribution < 1.29 is 17.9 Å². The molecule has 0 N–H and O–H groups in total. The molecule has 0 aliphatic heterocycles. The smallest absolute Gasteiger partial charge is 0.192 e. The minimum absolute atomic E-state index is 0.0150. The van der Waals surface area contributed by atoms with Gasteiger partial charge in [0.2, 0.25) is 0 Å². The Morgan fingerprint density at radius 1 is 1.00 bits per heavy atom. The summed E-state index contributed by atoms with van der Waals surface area (Å²) >= 11 is 0. The van der Waals surface area contributed by atoms with Crippen molar-refractivity contribution in [1.82, 2.24) is 0 Å². The molecular formula is C29H29F3O. The lowest BCUT2D eigenvalue weighted by atomic mass is 9.84. The molecule has 0 bridgehead atoms. The maximum absolute atomic E-state index is 15.0. The van der Waals surface area contributed by atoms with E-state index < -0.39 is 12.3 Å². The lowest BCUT2D eigenvalue weighted by molar-refractivity contribution is 0.152. The zero-order valence-corrected chi connectivity index (χ0v) is 18.9. The summed E-state index contributed by atoms with van der Waals surface area (Å²) in [5.74, 6) is 0.405. The number of hydrogen-bond acceptors (Lipinski definition) is 1. The van der Waals surface area contributed by atoms with Crippen LogP contribution in [0, 0.1) is 11.7 Å². The summed E-state index contributed by atoms with van der Waals surface area (Å²) in [7, 11) is 1.33. The third kappa shape index (κ3) is 5.00. The summed E-state index contributed by atoms with van der Waals surface area (Å²) in [6.07, 6.45) is 8.65. The largest absolute Gasteiger partial charge is 0.498 e. The van der Waals surface area contributed by atoms with Gasteiger partial charge in [0, 0.05) is 5.56 Å². The van der Waals surface area contributed by atoms with E-state index in [4.69, 9.17) is 4.74 Å². The van der Waals surface area contributed by atoms with Gasteiger partial charge >= 0.3 is 0 Å². The Kier molecular flexibility index (Phi) is 7.22. The summed E-state index contributed by atoms with van der Waals surface area (Å²) < 4.78 is 48.6. The standard InChI is InChI=1S/C29H29F3O/c1-3-4-5-19-6-8-21(9-7-19)24-15-14-23(18-26(24)30)20-10-12-22(13-11-20)25-16-17-27(33-2)29(32)28(25)31/h3,8,10-19,28-29H,1,4-7,9H2,2H3. The van der Waals surface area contributed by atoms with Gasteiger partial charge < -0.3 is 4.74 Å². The zero-order chi connectivity index (χ0) is 23.4. The van der Waals surface area contributed by atoms with Crippen LogP contribution >= 0.6 is 0 Å². The Morgan fingerprint density at radius 2 is 1.73 bits per heavy atom. The van der Waals surface area contributed by atoms with Gasteiger partial charge in [-0.25, -0.2) is 13.2 Å². The molecule has 2 aromatic rings. The molecule has 4 heteroatoms. The van der Waals surface area contributed by atoms with Crippen molar-refractivity contribution in [3.05, 3.63) is 96.1 Å². The first kappa shape index (κ1) is 23.2.